The van der Waals surface area contributed by atoms with E-state index < -0.39 is 0 Å². The standard InChI is InChI=1S/C27H24N4O2S/c1-18-9-7-10-19(17-18)31-25(24(29-27(31)34)21-12-5-6-15-28-21)23-14-8-16-30(23)22-13-4-3-11-20(22)26(32)33-2/h3-17,24-25H,1-2H3,(H,29,34)/t24-,25-/m1/s1. The molecule has 7 heteroatoms. The van der Waals surface area contributed by atoms with Crippen molar-refractivity contribution >= 4 is 29.0 Å². The summed E-state index contributed by atoms with van der Waals surface area (Å²) in [6.07, 6.45) is 3.75. The van der Waals surface area contributed by atoms with Gasteiger partial charge in [0.05, 0.1) is 30.1 Å². The summed E-state index contributed by atoms with van der Waals surface area (Å²) in [5.41, 5.74) is 5.24. The Labute approximate surface area is 203 Å². The Kier molecular flexibility index (Phi) is 5.86. The zero-order chi connectivity index (χ0) is 23.7. The molecule has 0 unspecified atom stereocenters. The lowest BCUT2D eigenvalue weighted by Crippen LogP contribution is -2.30. The SMILES string of the molecule is COC(=O)c1ccccc1-n1cccc1[C@@H]1[C@@H](c2ccccn2)NC(=S)N1c1cccc(C)c1. The van der Waals surface area contributed by atoms with Crippen molar-refractivity contribution in [1.82, 2.24) is 14.9 Å². The van der Waals surface area contributed by atoms with Gasteiger partial charge < -0.3 is 19.5 Å². The van der Waals surface area contributed by atoms with E-state index in [1.807, 2.05) is 59.3 Å². The highest BCUT2D eigenvalue weighted by Crippen LogP contribution is 2.42. The average molecular weight is 469 g/mol. The molecule has 0 saturated carbocycles. The van der Waals surface area contributed by atoms with E-state index in [9.17, 15) is 4.79 Å². The van der Waals surface area contributed by atoms with Crippen molar-refractivity contribution in [3.05, 3.63) is 114 Å². The van der Waals surface area contributed by atoms with Crippen molar-refractivity contribution in [3.63, 3.8) is 0 Å². The summed E-state index contributed by atoms with van der Waals surface area (Å²) in [5.74, 6) is -0.382. The number of ether oxygens (including phenoxy) is 1. The van der Waals surface area contributed by atoms with Crippen LogP contribution in [-0.2, 0) is 4.74 Å². The lowest BCUT2D eigenvalue weighted by Gasteiger charge is -2.29. The molecule has 2 aromatic carbocycles. The van der Waals surface area contributed by atoms with Crippen LogP contribution in [-0.4, -0.2) is 27.7 Å². The van der Waals surface area contributed by atoms with E-state index in [4.69, 9.17) is 17.0 Å². The molecule has 1 N–H and O–H groups in total. The third-order valence-electron chi connectivity index (χ3n) is 6.03. The van der Waals surface area contributed by atoms with E-state index in [1.54, 1.807) is 12.3 Å². The van der Waals surface area contributed by atoms with Crippen LogP contribution in [0, 0.1) is 6.92 Å². The molecule has 0 amide bonds. The maximum atomic E-state index is 12.5. The first-order chi connectivity index (χ1) is 16.6. The maximum absolute atomic E-state index is 12.5. The predicted molar refractivity (Wildman–Crippen MR) is 136 cm³/mol. The fourth-order valence-corrected chi connectivity index (χ4v) is 4.88. The highest BCUT2D eigenvalue weighted by atomic mass is 32.1. The smallest absolute Gasteiger partial charge is 0.339 e. The molecule has 6 nitrogen and oxygen atoms in total. The van der Waals surface area contributed by atoms with Crippen LogP contribution in [0.4, 0.5) is 5.69 Å². The van der Waals surface area contributed by atoms with Crippen molar-refractivity contribution < 1.29 is 9.53 Å². The number of esters is 1. The van der Waals surface area contributed by atoms with Crippen molar-refractivity contribution in [3.8, 4) is 5.69 Å². The molecule has 5 rings (SSSR count). The summed E-state index contributed by atoms with van der Waals surface area (Å²) in [5, 5.41) is 4.12. The van der Waals surface area contributed by atoms with Crippen LogP contribution >= 0.6 is 12.2 Å². The normalized spacial score (nSPS) is 17.5. The van der Waals surface area contributed by atoms with Gasteiger partial charge in [-0.15, -0.1) is 0 Å². The number of nitrogens with one attached hydrogen (secondary N) is 1. The molecule has 34 heavy (non-hydrogen) atoms. The number of para-hydroxylation sites is 1. The van der Waals surface area contributed by atoms with Crippen LogP contribution < -0.4 is 10.2 Å². The van der Waals surface area contributed by atoms with Gasteiger partial charge in [0, 0.05) is 23.8 Å². The summed E-state index contributed by atoms with van der Waals surface area (Å²) in [4.78, 5) is 19.3. The van der Waals surface area contributed by atoms with E-state index in [1.165, 1.54) is 7.11 Å². The average Bonchev–Trinajstić information content (AvgIpc) is 3.48. The number of aromatic nitrogens is 2. The molecule has 1 aliphatic heterocycles. The van der Waals surface area contributed by atoms with Crippen molar-refractivity contribution in [2.75, 3.05) is 12.0 Å². The largest absolute Gasteiger partial charge is 0.465 e. The second-order valence-electron chi connectivity index (χ2n) is 8.15. The van der Waals surface area contributed by atoms with Crippen LogP contribution in [0.3, 0.4) is 0 Å². The lowest BCUT2D eigenvalue weighted by molar-refractivity contribution is 0.0600. The van der Waals surface area contributed by atoms with Crippen molar-refractivity contribution in [1.29, 1.82) is 0 Å². The van der Waals surface area contributed by atoms with Gasteiger partial charge >= 0.3 is 5.97 Å². The van der Waals surface area contributed by atoms with Gasteiger partial charge in [-0.3, -0.25) is 4.98 Å². The second kappa shape index (κ2) is 9.11. The number of rotatable bonds is 5. The van der Waals surface area contributed by atoms with Crippen LogP contribution in [0.25, 0.3) is 5.69 Å². The predicted octanol–water partition coefficient (Wildman–Crippen LogP) is 5.14. The summed E-state index contributed by atoms with van der Waals surface area (Å²) < 4.78 is 7.08. The Balaban J connectivity index is 1.70. The minimum absolute atomic E-state index is 0.187. The van der Waals surface area contributed by atoms with E-state index in [-0.39, 0.29) is 18.1 Å². The van der Waals surface area contributed by atoms with Crippen molar-refractivity contribution in [2.24, 2.45) is 0 Å². The Morgan fingerprint density at radius 3 is 2.62 bits per heavy atom. The van der Waals surface area contributed by atoms with Gasteiger partial charge in [0.2, 0.25) is 0 Å². The zero-order valence-corrected chi connectivity index (χ0v) is 19.7. The number of anilines is 1. The Morgan fingerprint density at radius 1 is 1.03 bits per heavy atom. The van der Waals surface area contributed by atoms with E-state index in [2.05, 4.69) is 46.4 Å². The van der Waals surface area contributed by atoms with Gasteiger partial charge in [-0.25, -0.2) is 4.79 Å². The molecular weight excluding hydrogens is 444 g/mol. The Hall–Kier alpha value is -3.97. The summed E-state index contributed by atoms with van der Waals surface area (Å²) in [7, 11) is 1.39. The van der Waals surface area contributed by atoms with Gasteiger partial charge in [0.1, 0.15) is 6.04 Å². The van der Waals surface area contributed by atoms with E-state index in [0.29, 0.717) is 10.7 Å². The van der Waals surface area contributed by atoms with Crippen molar-refractivity contribution in [2.45, 2.75) is 19.0 Å². The minimum Gasteiger partial charge on any atom is -0.465 e. The molecular formula is C27H24N4O2S. The van der Waals surface area contributed by atoms with Crippen LogP contribution in [0.1, 0.15) is 39.4 Å². The first-order valence-corrected chi connectivity index (χ1v) is 11.4. The third-order valence-corrected chi connectivity index (χ3v) is 6.34. The Bertz CT molecular complexity index is 1350. The number of hydrogen-bond acceptors (Lipinski definition) is 4. The van der Waals surface area contributed by atoms with Crippen LogP contribution in [0.2, 0.25) is 0 Å². The highest BCUT2D eigenvalue weighted by molar-refractivity contribution is 7.80. The number of thiocarbonyl (C=S) groups is 1. The van der Waals surface area contributed by atoms with E-state index in [0.717, 1.165) is 28.3 Å². The maximum Gasteiger partial charge on any atom is 0.339 e. The number of hydrogen-bond donors (Lipinski definition) is 1. The third kappa shape index (κ3) is 3.84. The van der Waals surface area contributed by atoms with Gasteiger partial charge in [-0.1, -0.05) is 30.3 Å². The number of pyridine rings is 1. The molecule has 0 spiro atoms. The lowest BCUT2D eigenvalue weighted by atomic mass is 10.00. The minimum atomic E-state index is -0.382. The molecule has 1 saturated heterocycles. The van der Waals surface area contributed by atoms with Gasteiger partial charge in [-0.05, 0) is 73.2 Å². The van der Waals surface area contributed by atoms with Gasteiger partial charge in [0.25, 0.3) is 0 Å². The number of carbonyl (C=O) groups is 1. The quantitative estimate of drug-likeness (QED) is 0.323. The fraction of sp³-hybridized carbons (Fsp3) is 0.148. The molecule has 1 fully saturated rings. The highest BCUT2D eigenvalue weighted by Gasteiger charge is 2.42. The number of methoxy groups -OCH3 is 1. The molecule has 0 bridgehead atoms. The molecule has 170 valence electrons. The summed E-state index contributed by atoms with van der Waals surface area (Å²) in [6, 6.07) is 25.3. The molecule has 4 aromatic rings. The number of aryl methyl sites for hydroxylation is 1. The molecule has 2 atom stereocenters. The van der Waals surface area contributed by atoms with Gasteiger partial charge in [0.15, 0.2) is 5.11 Å². The zero-order valence-electron chi connectivity index (χ0n) is 18.9. The number of benzene rings is 2. The summed E-state index contributed by atoms with van der Waals surface area (Å²) in [6.45, 7) is 2.07. The molecule has 0 aliphatic carbocycles. The molecule has 1 aliphatic rings. The first kappa shape index (κ1) is 21.9. The second-order valence-corrected chi connectivity index (χ2v) is 8.53. The molecule has 2 aromatic heterocycles. The number of carbonyl (C=O) groups excluding carboxylic acids is 1. The summed E-state index contributed by atoms with van der Waals surface area (Å²) >= 11 is 5.84. The molecule has 0 radical (unpaired) electrons. The Morgan fingerprint density at radius 2 is 1.85 bits per heavy atom. The van der Waals surface area contributed by atoms with Crippen LogP contribution in [0.5, 0.6) is 0 Å². The van der Waals surface area contributed by atoms with E-state index >= 15 is 0 Å². The monoisotopic (exact) mass is 468 g/mol. The van der Waals surface area contributed by atoms with Gasteiger partial charge in [-0.2, -0.15) is 0 Å². The van der Waals surface area contributed by atoms with Crippen LogP contribution in [0.15, 0.2) is 91.3 Å². The number of nitrogens with zero attached hydrogens (tertiary/aromatic N) is 3. The first-order valence-electron chi connectivity index (χ1n) is 11.0. The fourth-order valence-electron chi connectivity index (χ4n) is 4.53. The molecule has 3 heterocycles. The topological polar surface area (TPSA) is 59.4 Å².